The zero-order valence-electron chi connectivity index (χ0n) is 31.5. The Morgan fingerprint density at radius 2 is 1.52 bits per heavy atom. The van der Waals surface area contributed by atoms with Crippen molar-refractivity contribution in [1.29, 1.82) is 5.26 Å². The largest absolute Gasteiger partial charge is 0.464 e. The van der Waals surface area contributed by atoms with Gasteiger partial charge in [0, 0.05) is 17.7 Å². The third-order valence-corrected chi connectivity index (χ3v) is 8.82. The molecule has 2 aromatic carbocycles. The summed E-state index contributed by atoms with van der Waals surface area (Å²) in [5, 5.41) is 20.3. The molecule has 1 aliphatic heterocycles. The van der Waals surface area contributed by atoms with Crippen molar-refractivity contribution >= 4 is 41.0 Å². The van der Waals surface area contributed by atoms with Crippen LogP contribution in [0.15, 0.2) is 87.5 Å². The van der Waals surface area contributed by atoms with Crippen LogP contribution < -0.4 is 10.2 Å². The number of benzene rings is 2. The Hall–Kier alpha value is -6.06. The van der Waals surface area contributed by atoms with Crippen molar-refractivity contribution < 1.29 is 23.9 Å². The van der Waals surface area contributed by atoms with Gasteiger partial charge in [0.15, 0.2) is 0 Å². The molecule has 0 saturated heterocycles. The molecule has 0 aromatic heterocycles. The minimum atomic E-state index is -0.554. The van der Waals surface area contributed by atoms with Crippen molar-refractivity contribution in [2.45, 2.75) is 85.0 Å². The van der Waals surface area contributed by atoms with Gasteiger partial charge in [0.2, 0.25) is 11.6 Å². The van der Waals surface area contributed by atoms with Crippen molar-refractivity contribution in [3.05, 3.63) is 106 Å². The van der Waals surface area contributed by atoms with Crippen LogP contribution in [0, 0.1) is 30.4 Å². The molecule has 1 amide bonds. The Labute approximate surface area is 318 Å². The summed E-state index contributed by atoms with van der Waals surface area (Å²) in [4.78, 5) is 46.0. The number of carbonyl (C=O) groups excluding carboxylic acids is 3. The zero-order valence-corrected chi connectivity index (χ0v) is 31.5. The first kappa shape index (κ1) is 42.4. The summed E-state index contributed by atoms with van der Waals surface area (Å²) in [6, 6.07) is 16.3. The van der Waals surface area contributed by atoms with Gasteiger partial charge in [0.05, 0.1) is 55.3 Å². The highest BCUT2D eigenvalue weighted by Gasteiger charge is 2.28. The molecule has 0 bridgehead atoms. The molecule has 3 rings (SSSR count). The number of hydrogen-bond acceptors (Lipinski definition) is 9. The first-order chi connectivity index (χ1) is 26.3. The minimum absolute atomic E-state index is 0.0679. The number of nitrogens with zero attached hydrogens (tertiary/aromatic N) is 6. The maximum Gasteiger partial charge on any atom is 0.308 e. The highest BCUT2D eigenvalue weighted by Crippen LogP contribution is 2.27. The molecule has 0 fully saturated rings. The molecule has 12 nitrogen and oxygen atoms in total. The van der Waals surface area contributed by atoms with E-state index in [1.54, 1.807) is 36.4 Å². The average Bonchev–Trinajstić information content (AvgIpc) is 3.51. The van der Waals surface area contributed by atoms with E-state index >= 15 is 0 Å². The fourth-order valence-electron chi connectivity index (χ4n) is 5.64. The Kier molecular flexibility index (Phi) is 18.4. The van der Waals surface area contributed by atoms with Crippen LogP contribution in [0.2, 0.25) is 0 Å². The van der Waals surface area contributed by atoms with Gasteiger partial charge in [-0.1, -0.05) is 83.6 Å². The van der Waals surface area contributed by atoms with Crippen LogP contribution in [0.1, 0.15) is 90.5 Å². The number of esters is 2. The van der Waals surface area contributed by atoms with Crippen molar-refractivity contribution in [3.63, 3.8) is 0 Å². The number of carbonyl (C=O) groups is 3. The molecule has 1 heterocycles. The summed E-state index contributed by atoms with van der Waals surface area (Å²) in [6.07, 6.45) is 12.4. The first-order valence-electron chi connectivity index (χ1n) is 18.6. The van der Waals surface area contributed by atoms with E-state index in [2.05, 4.69) is 39.1 Å². The zero-order chi connectivity index (χ0) is 39.1. The third kappa shape index (κ3) is 13.5. The Bertz CT molecular complexity index is 1810. The smallest absolute Gasteiger partial charge is 0.308 e. The quantitative estimate of drug-likeness (QED) is 0.0418. The number of hydrogen-bond donors (Lipinski definition) is 1. The molecule has 54 heavy (non-hydrogen) atoms. The fourth-order valence-corrected chi connectivity index (χ4v) is 5.64. The first-order valence-corrected chi connectivity index (χ1v) is 18.6. The molecule has 1 atom stereocenters. The maximum absolute atomic E-state index is 12.7. The molecule has 2 aromatic rings. The summed E-state index contributed by atoms with van der Waals surface area (Å²) in [5.74, 6) is -1.03. The lowest BCUT2D eigenvalue weighted by atomic mass is 10.00. The number of anilines is 1. The molecule has 282 valence electrons. The van der Waals surface area contributed by atoms with Gasteiger partial charge in [-0.2, -0.15) is 10.2 Å². The second-order valence-electron chi connectivity index (χ2n) is 12.7. The van der Waals surface area contributed by atoms with E-state index in [1.165, 1.54) is 12.5 Å². The van der Waals surface area contributed by atoms with E-state index < -0.39 is 5.91 Å². The van der Waals surface area contributed by atoms with E-state index in [0.29, 0.717) is 30.9 Å². The van der Waals surface area contributed by atoms with Gasteiger partial charge < -0.3 is 19.7 Å². The normalized spacial score (nSPS) is 14.0. The van der Waals surface area contributed by atoms with Gasteiger partial charge in [0.1, 0.15) is 13.2 Å². The molecule has 0 spiro atoms. The van der Waals surface area contributed by atoms with Crippen LogP contribution in [0.25, 0.3) is 15.8 Å². The summed E-state index contributed by atoms with van der Waals surface area (Å²) in [7, 11) is 0. The van der Waals surface area contributed by atoms with Gasteiger partial charge >= 0.3 is 11.9 Å². The van der Waals surface area contributed by atoms with E-state index in [1.807, 2.05) is 36.1 Å². The number of nitrogens with one attached hydrogen (secondary N) is 1. The second-order valence-corrected chi connectivity index (χ2v) is 12.7. The van der Waals surface area contributed by atoms with E-state index in [-0.39, 0.29) is 53.7 Å². The van der Waals surface area contributed by atoms with Gasteiger partial charge in [-0.3, -0.25) is 14.4 Å². The van der Waals surface area contributed by atoms with Crippen LogP contribution in [0.3, 0.4) is 0 Å². The van der Waals surface area contributed by atoms with Gasteiger partial charge in [-0.05, 0) is 61.2 Å². The molecule has 1 N–H and O–H groups in total. The van der Waals surface area contributed by atoms with Gasteiger partial charge in [0.25, 0.3) is 5.70 Å². The fraction of sp³-hybridized carbons (Fsp3) is 0.429. The van der Waals surface area contributed by atoms with Crippen LogP contribution in [0.4, 0.5) is 17.1 Å². The lowest BCUT2D eigenvalue weighted by Gasteiger charge is -2.25. The highest BCUT2D eigenvalue weighted by molar-refractivity contribution is 6.04. The number of unbranched alkanes of at least 4 members (excludes halogenated alkanes) is 5. The van der Waals surface area contributed by atoms with E-state index in [0.717, 1.165) is 62.6 Å². The maximum atomic E-state index is 12.7. The van der Waals surface area contributed by atoms with Crippen LogP contribution in [-0.2, 0) is 23.9 Å². The number of rotatable bonds is 22. The van der Waals surface area contributed by atoms with Gasteiger partial charge in [-0.15, -0.1) is 0 Å². The van der Waals surface area contributed by atoms with Crippen LogP contribution >= 0.6 is 0 Å². The molecular weight excluding hydrogens is 683 g/mol. The number of ether oxygens (including phenoxy) is 2. The summed E-state index contributed by atoms with van der Waals surface area (Å²) in [5.41, 5.74) is 2.40. The topological polar surface area (TPSA) is 142 Å². The van der Waals surface area contributed by atoms with Crippen LogP contribution in [0.5, 0.6) is 0 Å². The lowest BCUT2D eigenvalue weighted by molar-refractivity contribution is -0.148. The van der Waals surface area contributed by atoms with Crippen molar-refractivity contribution in [1.82, 2.24) is 5.32 Å². The van der Waals surface area contributed by atoms with Crippen molar-refractivity contribution in [3.8, 4) is 6.07 Å². The molecule has 0 saturated carbocycles. The monoisotopic (exact) mass is 731 g/mol. The predicted octanol–water partition coefficient (Wildman–Crippen LogP) is 9.54. The summed E-state index contributed by atoms with van der Waals surface area (Å²) < 4.78 is 11.2. The molecule has 0 aliphatic carbocycles. The standard InChI is InChI=1S/C42H49N7O5/c1-6-9-11-12-13-15-38(50)53-28-26-49(27-29-54-42(52)32(8-3)14-10-7-2)35-23-21-34(22-24-35)48-47-33-19-16-31(17-20-33)18-25-36-39(45-5)40(46-41(36)51)37(30-43)44-4/h16-25,32H,6-15,26-29H2,1-3H3,(H,46,51)/b25-18+,40-37+,48-47?. The molecule has 1 unspecified atom stereocenters. The Balaban J connectivity index is 1.64. The Morgan fingerprint density at radius 3 is 2.11 bits per heavy atom. The van der Waals surface area contributed by atoms with Crippen molar-refractivity contribution in [2.75, 3.05) is 31.2 Å². The summed E-state index contributed by atoms with van der Waals surface area (Å²) in [6.45, 7) is 22.1. The number of azo groups is 1. The average molecular weight is 732 g/mol. The Morgan fingerprint density at radius 1 is 0.889 bits per heavy atom. The molecule has 1 aliphatic rings. The van der Waals surface area contributed by atoms with Crippen molar-refractivity contribution in [2.24, 2.45) is 16.1 Å². The van der Waals surface area contributed by atoms with E-state index in [9.17, 15) is 14.4 Å². The number of nitriles is 1. The van der Waals surface area contributed by atoms with Crippen LogP contribution in [-0.4, -0.2) is 44.1 Å². The minimum Gasteiger partial charge on any atom is -0.464 e. The third-order valence-electron chi connectivity index (χ3n) is 8.82. The predicted molar refractivity (Wildman–Crippen MR) is 208 cm³/mol. The number of amides is 1. The van der Waals surface area contributed by atoms with E-state index in [4.69, 9.17) is 27.9 Å². The summed E-state index contributed by atoms with van der Waals surface area (Å²) >= 11 is 0. The highest BCUT2D eigenvalue weighted by atomic mass is 16.5. The van der Waals surface area contributed by atoms with Gasteiger partial charge in [-0.25, -0.2) is 15.0 Å². The lowest BCUT2D eigenvalue weighted by Crippen LogP contribution is -2.32. The SMILES string of the molecule is [C-]#[N+]C1=C(/C=C/c2ccc(N=Nc3ccc(N(CCOC(=O)CCCCCCC)CCOC(=O)C(CC)CCCC)cc3)cc2)C(=O)N/C1=C(\C#N)[N+]#[C-]. The second kappa shape index (κ2) is 23.5. The molecular formula is C42H49N7O5. The molecule has 12 heteroatoms. The molecule has 0 radical (unpaired) electrons. The number of allylic oxidation sites excluding steroid dienone is 1.